The van der Waals surface area contributed by atoms with E-state index in [-0.39, 0.29) is 5.92 Å². The molecule has 2 aromatic rings. The van der Waals surface area contributed by atoms with Crippen molar-refractivity contribution in [3.8, 4) is 0 Å². The molecule has 2 rings (SSSR count). The van der Waals surface area contributed by atoms with Crippen molar-refractivity contribution < 1.29 is 14.7 Å². The van der Waals surface area contributed by atoms with Crippen molar-refractivity contribution >= 4 is 22.8 Å². The van der Waals surface area contributed by atoms with Crippen LogP contribution >= 0.6 is 0 Å². The zero-order valence-corrected chi connectivity index (χ0v) is 13.8. The van der Waals surface area contributed by atoms with Crippen LogP contribution in [0.2, 0.25) is 0 Å². The maximum Gasteiger partial charge on any atom is 0.326 e. The highest BCUT2D eigenvalue weighted by Crippen LogP contribution is 2.11. The molecule has 0 aliphatic rings. The predicted molar refractivity (Wildman–Crippen MR) is 87.5 cm³/mol. The first-order chi connectivity index (χ1) is 11.4. The molecule has 24 heavy (non-hydrogen) atoms. The van der Waals surface area contributed by atoms with Crippen molar-refractivity contribution in [3.05, 3.63) is 34.6 Å². The fraction of sp³-hybridized carbons (Fsp3) is 0.438. The first kappa shape index (κ1) is 17.6. The zero-order chi connectivity index (χ0) is 17.9. The molecule has 0 bridgehead atoms. The van der Waals surface area contributed by atoms with E-state index in [2.05, 4.69) is 15.6 Å². The van der Waals surface area contributed by atoms with Gasteiger partial charge in [0.05, 0.1) is 5.39 Å². The predicted octanol–water partition coefficient (Wildman–Crippen LogP) is 0.968. The molecular formula is C16H20N4O4. The third-order valence-corrected chi connectivity index (χ3v) is 4.11. The number of amides is 1. The molecular weight excluding hydrogens is 312 g/mol. The van der Waals surface area contributed by atoms with Crippen LogP contribution in [0.15, 0.2) is 29.1 Å². The van der Waals surface area contributed by atoms with Gasteiger partial charge in [0.1, 0.15) is 17.6 Å². The monoisotopic (exact) mass is 332 g/mol. The second-order valence-electron chi connectivity index (χ2n) is 5.74. The zero-order valence-electron chi connectivity index (χ0n) is 13.8. The van der Waals surface area contributed by atoms with Gasteiger partial charge in [-0.15, -0.1) is 5.10 Å². The molecule has 0 saturated carbocycles. The lowest BCUT2D eigenvalue weighted by molar-refractivity contribution is -0.143. The number of carbonyl (C=O) groups excluding carboxylic acids is 1. The van der Waals surface area contributed by atoms with E-state index >= 15 is 0 Å². The highest BCUT2D eigenvalue weighted by molar-refractivity contribution is 5.86. The summed E-state index contributed by atoms with van der Waals surface area (Å²) in [5.41, 5.74) is -0.00644. The van der Waals surface area contributed by atoms with E-state index in [1.807, 2.05) is 6.92 Å². The van der Waals surface area contributed by atoms with Crippen LogP contribution in [0.4, 0.5) is 0 Å². The van der Waals surface area contributed by atoms with Gasteiger partial charge in [-0.25, -0.2) is 4.79 Å². The molecule has 0 aliphatic heterocycles. The number of carboxylic acid groups (broad SMARTS) is 1. The van der Waals surface area contributed by atoms with Crippen LogP contribution in [0, 0.1) is 5.92 Å². The molecule has 1 aromatic heterocycles. The Labute approximate surface area is 138 Å². The lowest BCUT2D eigenvalue weighted by Crippen LogP contribution is -2.48. The number of carboxylic acids is 1. The second kappa shape index (κ2) is 7.20. The van der Waals surface area contributed by atoms with Crippen LogP contribution in [0.25, 0.3) is 10.9 Å². The molecule has 0 aliphatic carbocycles. The number of aromatic nitrogens is 3. The number of carbonyl (C=O) groups is 2. The Bertz CT molecular complexity index is 817. The van der Waals surface area contributed by atoms with E-state index < -0.39 is 29.5 Å². The summed E-state index contributed by atoms with van der Waals surface area (Å²) in [5.74, 6) is -1.94. The highest BCUT2D eigenvalue weighted by Gasteiger charge is 2.28. The van der Waals surface area contributed by atoms with Gasteiger partial charge in [-0.1, -0.05) is 37.6 Å². The first-order valence-corrected chi connectivity index (χ1v) is 7.74. The number of hydrogen-bond acceptors (Lipinski definition) is 5. The molecule has 0 saturated heterocycles. The van der Waals surface area contributed by atoms with Crippen molar-refractivity contribution in [2.75, 3.05) is 0 Å². The smallest absolute Gasteiger partial charge is 0.326 e. The summed E-state index contributed by atoms with van der Waals surface area (Å²) in [5, 5.41) is 19.8. The van der Waals surface area contributed by atoms with Gasteiger partial charge < -0.3 is 10.4 Å². The van der Waals surface area contributed by atoms with E-state index in [1.54, 1.807) is 31.2 Å². The number of hydrogen-bond donors (Lipinski definition) is 2. The molecule has 1 heterocycles. The average molecular weight is 332 g/mol. The first-order valence-electron chi connectivity index (χ1n) is 7.74. The van der Waals surface area contributed by atoms with Crippen molar-refractivity contribution in [1.29, 1.82) is 0 Å². The van der Waals surface area contributed by atoms with Crippen molar-refractivity contribution in [2.45, 2.75) is 39.3 Å². The molecule has 1 aromatic carbocycles. The van der Waals surface area contributed by atoms with E-state index in [1.165, 1.54) is 6.92 Å². The lowest BCUT2D eigenvalue weighted by atomic mass is 9.99. The van der Waals surface area contributed by atoms with Crippen LogP contribution in [-0.4, -0.2) is 38.0 Å². The van der Waals surface area contributed by atoms with Gasteiger partial charge in [0.2, 0.25) is 5.91 Å². The average Bonchev–Trinajstić information content (AvgIpc) is 2.58. The van der Waals surface area contributed by atoms with Gasteiger partial charge in [0.15, 0.2) is 0 Å². The molecule has 8 nitrogen and oxygen atoms in total. The molecule has 0 fully saturated rings. The molecule has 2 N–H and O–H groups in total. The van der Waals surface area contributed by atoms with E-state index in [0.717, 1.165) is 4.68 Å². The SMILES string of the molecule is CCC(C)[C@H](NC(=O)[C@H](C)n1nnc2ccccc2c1=O)C(=O)O. The van der Waals surface area contributed by atoms with Crippen molar-refractivity contribution in [1.82, 2.24) is 20.3 Å². The number of rotatable bonds is 6. The van der Waals surface area contributed by atoms with Gasteiger partial charge in [0, 0.05) is 0 Å². The van der Waals surface area contributed by atoms with Gasteiger partial charge in [-0.3, -0.25) is 9.59 Å². The summed E-state index contributed by atoms with van der Waals surface area (Å²) in [7, 11) is 0. The summed E-state index contributed by atoms with van der Waals surface area (Å²) >= 11 is 0. The van der Waals surface area contributed by atoms with Gasteiger partial charge in [-0.2, -0.15) is 4.68 Å². The van der Waals surface area contributed by atoms with Crippen molar-refractivity contribution in [2.24, 2.45) is 5.92 Å². The minimum atomic E-state index is -1.11. The highest BCUT2D eigenvalue weighted by atomic mass is 16.4. The van der Waals surface area contributed by atoms with Crippen LogP contribution in [0.1, 0.15) is 33.2 Å². The molecule has 0 spiro atoms. The third-order valence-electron chi connectivity index (χ3n) is 4.11. The van der Waals surface area contributed by atoms with Crippen LogP contribution in [0.3, 0.4) is 0 Å². The Morgan fingerprint density at radius 1 is 1.29 bits per heavy atom. The number of nitrogens with one attached hydrogen (secondary N) is 1. The lowest BCUT2D eigenvalue weighted by Gasteiger charge is -2.22. The summed E-state index contributed by atoms with van der Waals surface area (Å²) in [6, 6.07) is 4.70. The topological polar surface area (TPSA) is 114 Å². The fourth-order valence-corrected chi connectivity index (χ4v) is 2.32. The number of fused-ring (bicyclic) bond motifs is 1. The molecule has 8 heteroatoms. The number of nitrogens with zero attached hydrogens (tertiary/aromatic N) is 3. The Morgan fingerprint density at radius 3 is 2.58 bits per heavy atom. The molecule has 3 atom stereocenters. The van der Waals surface area contributed by atoms with E-state index in [4.69, 9.17) is 0 Å². The fourth-order valence-electron chi connectivity index (χ4n) is 2.32. The summed E-state index contributed by atoms with van der Waals surface area (Å²) in [6.07, 6.45) is 0.599. The Hall–Kier alpha value is -2.77. The van der Waals surface area contributed by atoms with Gasteiger partial charge in [-0.05, 0) is 25.0 Å². The summed E-state index contributed by atoms with van der Waals surface area (Å²) in [4.78, 5) is 36.1. The Kier molecular flexibility index (Phi) is 5.28. The van der Waals surface area contributed by atoms with Crippen molar-refractivity contribution in [3.63, 3.8) is 0 Å². The van der Waals surface area contributed by atoms with Gasteiger partial charge in [0.25, 0.3) is 5.56 Å². The summed E-state index contributed by atoms with van der Waals surface area (Å²) in [6.45, 7) is 5.07. The van der Waals surface area contributed by atoms with Crippen LogP contribution < -0.4 is 10.9 Å². The molecule has 1 amide bonds. The largest absolute Gasteiger partial charge is 0.480 e. The maximum absolute atomic E-state index is 12.4. The van der Waals surface area contributed by atoms with Crippen LogP contribution in [0.5, 0.6) is 0 Å². The normalized spacial score (nSPS) is 14.8. The number of aliphatic carboxylic acids is 1. The van der Waals surface area contributed by atoms with E-state index in [9.17, 15) is 19.5 Å². The molecule has 128 valence electrons. The Balaban J connectivity index is 2.29. The quantitative estimate of drug-likeness (QED) is 0.814. The second-order valence-corrected chi connectivity index (χ2v) is 5.74. The Morgan fingerprint density at radius 2 is 1.96 bits per heavy atom. The maximum atomic E-state index is 12.4. The molecule has 1 unspecified atom stereocenters. The van der Waals surface area contributed by atoms with Gasteiger partial charge >= 0.3 is 5.97 Å². The summed E-state index contributed by atoms with van der Waals surface area (Å²) < 4.78 is 0.965. The standard InChI is InChI=1S/C16H20N4O4/c1-4-9(2)13(16(23)24)17-14(21)10(3)20-15(22)11-7-5-6-8-12(11)18-19-20/h5-10,13H,4H2,1-3H3,(H,17,21)(H,23,24)/t9?,10-,13-/m0/s1. The molecule has 0 radical (unpaired) electrons. The third kappa shape index (κ3) is 3.42. The minimum Gasteiger partial charge on any atom is -0.480 e. The van der Waals surface area contributed by atoms with Crippen LogP contribution in [-0.2, 0) is 9.59 Å². The minimum absolute atomic E-state index is 0.238. The number of benzene rings is 1. The van der Waals surface area contributed by atoms with E-state index in [0.29, 0.717) is 17.3 Å².